The van der Waals surface area contributed by atoms with Crippen LogP contribution in [0.1, 0.15) is 13.8 Å². The molecular formula is C8H13N3OS. The summed E-state index contributed by atoms with van der Waals surface area (Å²) in [6.07, 6.45) is 3.38. The van der Waals surface area contributed by atoms with Gasteiger partial charge in [-0.2, -0.15) is 0 Å². The molecule has 0 saturated heterocycles. The fourth-order valence-corrected chi connectivity index (χ4v) is 1.11. The summed E-state index contributed by atoms with van der Waals surface area (Å²) in [6.45, 7) is 4.46. The van der Waals surface area contributed by atoms with Crippen LogP contribution < -0.4 is 10.6 Å². The molecule has 1 unspecified atom stereocenters. The van der Waals surface area contributed by atoms with Gasteiger partial charge < -0.3 is 10.6 Å². The second kappa shape index (κ2) is 3.83. The van der Waals surface area contributed by atoms with Crippen LogP contribution in [0.5, 0.6) is 0 Å². The minimum absolute atomic E-state index is 0.299. The summed E-state index contributed by atoms with van der Waals surface area (Å²) in [5.41, 5.74) is -0.935. The molecular weight excluding hydrogens is 186 g/mol. The number of carbonyl (C=O) groups is 1. The van der Waals surface area contributed by atoms with Gasteiger partial charge >= 0.3 is 0 Å². The molecule has 0 fully saturated rings. The lowest BCUT2D eigenvalue weighted by atomic mass is 10.2. The van der Waals surface area contributed by atoms with Gasteiger partial charge in [-0.1, -0.05) is 0 Å². The molecule has 0 aromatic heterocycles. The topological polar surface area (TPSA) is 53.5 Å². The van der Waals surface area contributed by atoms with Crippen LogP contribution in [-0.2, 0) is 4.79 Å². The maximum atomic E-state index is 11.1. The van der Waals surface area contributed by atoms with E-state index in [2.05, 4.69) is 28.3 Å². The highest BCUT2D eigenvalue weighted by Crippen LogP contribution is 2.13. The monoisotopic (exact) mass is 199 g/mol. The van der Waals surface area contributed by atoms with Crippen LogP contribution in [0.25, 0.3) is 0 Å². The molecule has 0 saturated carbocycles. The fourth-order valence-electron chi connectivity index (χ4n) is 0.999. The Hall–Kier alpha value is -0.970. The van der Waals surface area contributed by atoms with Gasteiger partial charge in [-0.25, -0.2) is 0 Å². The van der Waals surface area contributed by atoms with Gasteiger partial charge in [0.15, 0.2) is 5.66 Å². The van der Waals surface area contributed by atoms with Crippen molar-refractivity contribution < 1.29 is 4.79 Å². The van der Waals surface area contributed by atoms with E-state index in [1.807, 2.05) is 6.92 Å². The third kappa shape index (κ3) is 2.24. The molecule has 0 bridgehead atoms. The van der Waals surface area contributed by atoms with Crippen LogP contribution in [0.4, 0.5) is 0 Å². The van der Waals surface area contributed by atoms with Crippen molar-refractivity contribution in [3.05, 3.63) is 11.9 Å². The van der Waals surface area contributed by atoms with Crippen LogP contribution in [0.15, 0.2) is 16.9 Å². The van der Waals surface area contributed by atoms with Gasteiger partial charge in [0, 0.05) is 12.8 Å². The number of nitrogens with one attached hydrogen (secondary N) is 2. The van der Waals surface area contributed by atoms with E-state index in [0.29, 0.717) is 0 Å². The first-order valence-electron chi connectivity index (χ1n) is 4.09. The number of carbonyl (C=O) groups excluding carboxylic acids is 1. The number of rotatable bonds is 3. The lowest BCUT2D eigenvalue weighted by Gasteiger charge is -2.28. The molecule has 13 heavy (non-hydrogen) atoms. The molecule has 72 valence electrons. The summed E-state index contributed by atoms with van der Waals surface area (Å²) in [6, 6.07) is 0. The number of aliphatic imine (C=N–C) groups is 1. The fraction of sp³-hybridized carbons (Fsp3) is 0.500. The zero-order valence-corrected chi connectivity index (χ0v) is 8.56. The summed E-state index contributed by atoms with van der Waals surface area (Å²) >= 11 is 3.77. The highest BCUT2D eigenvalue weighted by molar-refractivity contribution is 7.96. The first kappa shape index (κ1) is 10.1. The second-order valence-corrected chi connectivity index (χ2v) is 3.30. The summed E-state index contributed by atoms with van der Waals surface area (Å²) in [4.78, 5) is 15.1. The molecule has 0 aliphatic carbocycles. The summed E-state index contributed by atoms with van der Waals surface area (Å²) in [7, 11) is 0. The maximum Gasteiger partial charge on any atom is 0.233 e. The Balaban J connectivity index is 2.74. The predicted molar refractivity (Wildman–Crippen MR) is 55.8 cm³/mol. The van der Waals surface area contributed by atoms with Crippen molar-refractivity contribution in [3.8, 4) is 0 Å². The van der Waals surface area contributed by atoms with Crippen molar-refractivity contribution in [2.45, 2.75) is 19.5 Å². The molecule has 1 atom stereocenters. The highest BCUT2D eigenvalue weighted by Gasteiger charge is 2.31. The van der Waals surface area contributed by atoms with E-state index in [0.717, 1.165) is 12.4 Å². The number of nitrogens with zero attached hydrogens (tertiary/aromatic N) is 1. The Kier molecular flexibility index (Phi) is 2.98. The van der Waals surface area contributed by atoms with Gasteiger partial charge in [0.25, 0.3) is 0 Å². The third-order valence-corrected chi connectivity index (χ3v) is 2.17. The maximum absolute atomic E-state index is 11.1. The van der Waals surface area contributed by atoms with Crippen molar-refractivity contribution >= 4 is 24.0 Å². The summed E-state index contributed by atoms with van der Waals surface area (Å²) in [5.74, 6) is 0.794. The van der Waals surface area contributed by atoms with E-state index in [-0.39, 0.29) is 5.12 Å². The molecule has 1 aliphatic heterocycles. The van der Waals surface area contributed by atoms with Gasteiger partial charge in [0.1, 0.15) is 5.82 Å². The van der Waals surface area contributed by atoms with Gasteiger partial charge in [0.05, 0.1) is 0 Å². The molecule has 4 nitrogen and oxygen atoms in total. The Labute approximate surface area is 82.9 Å². The molecule has 0 spiro atoms. The summed E-state index contributed by atoms with van der Waals surface area (Å²) < 4.78 is 0. The quantitative estimate of drug-likeness (QED) is 0.572. The number of hydrogen-bond acceptors (Lipinski definition) is 4. The van der Waals surface area contributed by atoms with E-state index in [1.165, 1.54) is 0 Å². The number of allylic oxidation sites excluding steroid dienone is 1. The molecule has 0 aromatic carbocycles. The molecule has 0 aromatic rings. The van der Waals surface area contributed by atoms with Crippen molar-refractivity contribution in [2.24, 2.45) is 4.99 Å². The molecule has 2 N–H and O–H groups in total. The minimum atomic E-state index is -0.935. The number of hydrogen-bond donors (Lipinski definition) is 3. The summed E-state index contributed by atoms with van der Waals surface area (Å²) in [5, 5.41) is 5.72. The molecule has 5 heteroatoms. The van der Waals surface area contributed by atoms with Gasteiger partial charge in [0.2, 0.25) is 5.12 Å². The van der Waals surface area contributed by atoms with Crippen LogP contribution >= 0.6 is 12.6 Å². The first-order chi connectivity index (χ1) is 6.08. The van der Waals surface area contributed by atoms with E-state index >= 15 is 0 Å². The second-order valence-electron chi connectivity index (χ2n) is 2.89. The molecule has 1 aliphatic rings. The normalized spacial score (nSPS) is 26.2. The Morgan fingerprint density at radius 2 is 2.54 bits per heavy atom. The van der Waals surface area contributed by atoms with E-state index in [4.69, 9.17) is 0 Å². The average molecular weight is 199 g/mol. The average Bonchev–Trinajstić information content (AvgIpc) is 2.04. The zero-order chi connectivity index (χ0) is 9.90. The predicted octanol–water partition coefficient (Wildman–Crippen LogP) is 0.284. The third-order valence-electron chi connectivity index (χ3n) is 1.74. The molecule has 1 heterocycles. The Morgan fingerprint density at radius 3 is 3.08 bits per heavy atom. The van der Waals surface area contributed by atoms with Crippen molar-refractivity contribution in [1.82, 2.24) is 10.6 Å². The lowest BCUT2D eigenvalue weighted by molar-refractivity contribution is -0.115. The zero-order valence-electron chi connectivity index (χ0n) is 7.66. The van der Waals surface area contributed by atoms with Gasteiger partial charge in [-0.05, 0) is 19.9 Å². The van der Waals surface area contributed by atoms with Gasteiger partial charge in [-0.3, -0.25) is 9.79 Å². The smallest absolute Gasteiger partial charge is 0.233 e. The Morgan fingerprint density at radius 1 is 1.85 bits per heavy atom. The minimum Gasteiger partial charge on any atom is -0.372 e. The van der Waals surface area contributed by atoms with Crippen LogP contribution in [0, 0.1) is 0 Å². The van der Waals surface area contributed by atoms with Crippen LogP contribution in [0.2, 0.25) is 0 Å². The SMILES string of the molecule is CCNC1=CC=NC(C)(C(=O)S)N1. The number of thiol groups is 1. The van der Waals surface area contributed by atoms with Crippen molar-refractivity contribution in [2.75, 3.05) is 6.54 Å². The van der Waals surface area contributed by atoms with Crippen LogP contribution in [-0.4, -0.2) is 23.5 Å². The van der Waals surface area contributed by atoms with E-state index in [9.17, 15) is 4.79 Å². The molecule has 0 radical (unpaired) electrons. The lowest BCUT2D eigenvalue weighted by Crippen LogP contribution is -2.49. The van der Waals surface area contributed by atoms with E-state index in [1.54, 1.807) is 19.2 Å². The van der Waals surface area contributed by atoms with Crippen LogP contribution in [0.3, 0.4) is 0 Å². The van der Waals surface area contributed by atoms with Crippen molar-refractivity contribution in [1.29, 1.82) is 0 Å². The largest absolute Gasteiger partial charge is 0.372 e. The van der Waals surface area contributed by atoms with E-state index < -0.39 is 5.66 Å². The van der Waals surface area contributed by atoms with Gasteiger partial charge in [-0.15, -0.1) is 12.6 Å². The molecule has 1 rings (SSSR count). The van der Waals surface area contributed by atoms with Crippen molar-refractivity contribution in [3.63, 3.8) is 0 Å². The standard InChI is InChI=1S/C8H13N3OS/c1-3-9-6-4-5-10-8(2,11-6)7(12)13/h4-5,9,11H,3H2,1-2H3,(H,12,13). The first-order valence-corrected chi connectivity index (χ1v) is 4.54. The Bertz CT molecular complexity index is 275. The molecule has 0 amide bonds. The highest BCUT2D eigenvalue weighted by atomic mass is 32.1.